The summed E-state index contributed by atoms with van der Waals surface area (Å²) in [4.78, 5) is 4.15. The largest absolute Gasteiger partial charge is 0.474 e. The van der Waals surface area contributed by atoms with E-state index in [1.165, 1.54) is 12.8 Å². The Kier molecular flexibility index (Phi) is 1.80. The van der Waals surface area contributed by atoms with Crippen LogP contribution in [0.4, 0.5) is 4.39 Å². The Hall–Kier alpha value is -0.600. The Balaban J connectivity index is 2.02. The molecule has 2 unspecified atom stereocenters. The molecule has 1 fully saturated rings. The molecule has 2 atom stereocenters. The van der Waals surface area contributed by atoms with Crippen molar-refractivity contribution in [1.82, 2.24) is 0 Å². The topological polar surface area (TPSA) is 21.6 Å². The Labute approximate surface area is 65.5 Å². The van der Waals surface area contributed by atoms with Crippen LogP contribution in [0.5, 0.6) is 0 Å². The van der Waals surface area contributed by atoms with Gasteiger partial charge in [0.1, 0.15) is 6.10 Å². The maximum Gasteiger partial charge on any atom is 0.216 e. The molecule has 0 saturated heterocycles. The fraction of sp³-hybridized carbons (Fsp3) is 0.875. The highest BCUT2D eigenvalue weighted by Gasteiger charge is 2.32. The molecule has 1 aliphatic heterocycles. The van der Waals surface area contributed by atoms with Crippen LogP contribution in [-0.4, -0.2) is 24.7 Å². The van der Waals surface area contributed by atoms with E-state index in [1.807, 2.05) is 0 Å². The molecule has 0 amide bonds. The lowest BCUT2D eigenvalue weighted by molar-refractivity contribution is 0.147. The van der Waals surface area contributed by atoms with Gasteiger partial charge in [-0.05, 0) is 19.3 Å². The lowest BCUT2D eigenvalue weighted by Gasteiger charge is -2.21. The Morgan fingerprint density at radius 3 is 3.00 bits per heavy atom. The standard InChI is InChI=1S/C8H12FNO/c9-5-8-10-6-3-1-2-4-7(6)11-8/h6-7H,1-5H2. The molecule has 2 aliphatic rings. The molecule has 1 saturated carbocycles. The SMILES string of the molecule is FCC1=NC2CCCCC2O1. The van der Waals surface area contributed by atoms with Crippen LogP contribution >= 0.6 is 0 Å². The molecule has 2 rings (SSSR count). The molecule has 0 radical (unpaired) electrons. The number of aliphatic imine (C=N–C) groups is 1. The molecule has 0 N–H and O–H groups in total. The number of halogens is 1. The molecule has 0 aromatic heterocycles. The highest BCUT2D eigenvalue weighted by Crippen LogP contribution is 2.28. The van der Waals surface area contributed by atoms with Gasteiger partial charge in [-0.2, -0.15) is 0 Å². The summed E-state index contributed by atoms with van der Waals surface area (Å²) in [5.41, 5.74) is 0. The van der Waals surface area contributed by atoms with Crippen LogP contribution in [0.15, 0.2) is 4.99 Å². The van der Waals surface area contributed by atoms with Gasteiger partial charge < -0.3 is 4.74 Å². The lowest BCUT2D eigenvalue weighted by atomic mass is 9.94. The van der Waals surface area contributed by atoms with Crippen LogP contribution < -0.4 is 0 Å². The third kappa shape index (κ3) is 1.24. The average Bonchev–Trinajstić information content (AvgIpc) is 2.46. The summed E-state index contributed by atoms with van der Waals surface area (Å²) >= 11 is 0. The van der Waals surface area contributed by atoms with E-state index in [0.717, 1.165) is 12.8 Å². The minimum Gasteiger partial charge on any atom is -0.474 e. The second-order valence-electron chi connectivity index (χ2n) is 3.16. The molecule has 0 spiro atoms. The predicted molar refractivity (Wildman–Crippen MR) is 40.5 cm³/mol. The van der Waals surface area contributed by atoms with Gasteiger partial charge >= 0.3 is 0 Å². The van der Waals surface area contributed by atoms with Gasteiger partial charge in [0, 0.05) is 0 Å². The smallest absolute Gasteiger partial charge is 0.216 e. The minimum absolute atomic E-state index is 0.203. The normalized spacial score (nSPS) is 35.9. The second kappa shape index (κ2) is 2.80. The zero-order valence-corrected chi connectivity index (χ0v) is 6.42. The molecule has 0 bridgehead atoms. The first-order valence-corrected chi connectivity index (χ1v) is 4.19. The van der Waals surface area contributed by atoms with Gasteiger partial charge in [0.25, 0.3) is 0 Å². The minimum atomic E-state index is -0.535. The van der Waals surface area contributed by atoms with Gasteiger partial charge in [-0.25, -0.2) is 9.38 Å². The number of rotatable bonds is 1. The monoisotopic (exact) mass is 157 g/mol. The van der Waals surface area contributed by atoms with E-state index in [4.69, 9.17) is 4.74 Å². The lowest BCUT2D eigenvalue weighted by Crippen LogP contribution is -2.26. The van der Waals surface area contributed by atoms with E-state index < -0.39 is 6.67 Å². The molecule has 0 aromatic carbocycles. The molecule has 11 heavy (non-hydrogen) atoms. The molecular formula is C8H12FNO. The van der Waals surface area contributed by atoms with E-state index in [2.05, 4.69) is 4.99 Å². The Bertz CT molecular complexity index is 181. The fourth-order valence-electron chi connectivity index (χ4n) is 1.82. The predicted octanol–water partition coefficient (Wildman–Crippen LogP) is 1.70. The first kappa shape index (κ1) is 7.07. The van der Waals surface area contributed by atoms with Gasteiger partial charge in [0.2, 0.25) is 5.90 Å². The van der Waals surface area contributed by atoms with Crippen molar-refractivity contribution in [3.63, 3.8) is 0 Å². The zero-order chi connectivity index (χ0) is 7.68. The summed E-state index contributed by atoms with van der Waals surface area (Å²) < 4.78 is 17.4. The molecule has 62 valence electrons. The molecule has 2 nitrogen and oxygen atoms in total. The summed E-state index contributed by atoms with van der Waals surface area (Å²) in [6.45, 7) is -0.535. The van der Waals surface area contributed by atoms with E-state index in [1.54, 1.807) is 0 Å². The molecule has 1 aliphatic carbocycles. The van der Waals surface area contributed by atoms with Gasteiger partial charge in [-0.15, -0.1) is 0 Å². The van der Waals surface area contributed by atoms with Crippen LogP contribution in [-0.2, 0) is 4.74 Å². The van der Waals surface area contributed by atoms with Crippen molar-refractivity contribution in [1.29, 1.82) is 0 Å². The van der Waals surface area contributed by atoms with Crippen LogP contribution in [0.25, 0.3) is 0 Å². The van der Waals surface area contributed by atoms with E-state index in [0.29, 0.717) is 5.90 Å². The fourth-order valence-corrected chi connectivity index (χ4v) is 1.82. The average molecular weight is 157 g/mol. The first-order chi connectivity index (χ1) is 5.40. The maximum atomic E-state index is 12.1. The molecule has 1 heterocycles. The van der Waals surface area contributed by atoms with E-state index in [-0.39, 0.29) is 12.1 Å². The molecular weight excluding hydrogens is 145 g/mol. The number of hydrogen-bond acceptors (Lipinski definition) is 2. The third-order valence-electron chi connectivity index (χ3n) is 2.38. The van der Waals surface area contributed by atoms with Crippen molar-refractivity contribution in [3.8, 4) is 0 Å². The number of ether oxygens (including phenoxy) is 1. The summed E-state index contributed by atoms with van der Waals surface area (Å²) in [6.07, 6.45) is 4.75. The quantitative estimate of drug-likeness (QED) is 0.567. The van der Waals surface area contributed by atoms with E-state index >= 15 is 0 Å². The number of fused-ring (bicyclic) bond motifs is 1. The van der Waals surface area contributed by atoms with Crippen molar-refractivity contribution >= 4 is 5.90 Å². The summed E-state index contributed by atoms with van der Waals surface area (Å²) in [5.74, 6) is 0.321. The zero-order valence-electron chi connectivity index (χ0n) is 6.42. The third-order valence-corrected chi connectivity index (χ3v) is 2.38. The number of nitrogens with zero attached hydrogens (tertiary/aromatic N) is 1. The Morgan fingerprint density at radius 1 is 1.45 bits per heavy atom. The first-order valence-electron chi connectivity index (χ1n) is 4.19. The van der Waals surface area contributed by atoms with Crippen molar-refractivity contribution in [3.05, 3.63) is 0 Å². The van der Waals surface area contributed by atoms with Gasteiger partial charge in [0.15, 0.2) is 6.67 Å². The second-order valence-corrected chi connectivity index (χ2v) is 3.16. The van der Waals surface area contributed by atoms with Crippen LogP contribution in [0.2, 0.25) is 0 Å². The van der Waals surface area contributed by atoms with E-state index in [9.17, 15) is 4.39 Å². The highest BCUT2D eigenvalue weighted by molar-refractivity contribution is 5.79. The summed E-state index contributed by atoms with van der Waals surface area (Å²) in [5, 5.41) is 0. The van der Waals surface area contributed by atoms with Crippen LogP contribution in [0, 0.1) is 0 Å². The van der Waals surface area contributed by atoms with Crippen molar-refractivity contribution in [2.24, 2.45) is 4.99 Å². The highest BCUT2D eigenvalue weighted by atomic mass is 19.1. The van der Waals surface area contributed by atoms with Gasteiger partial charge in [-0.3, -0.25) is 0 Å². The summed E-state index contributed by atoms with van der Waals surface area (Å²) in [7, 11) is 0. The maximum absolute atomic E-state index is 12.1. The van der Waals surface area contributed by atoms with Crippen molar-refractivity contribution in [2.75, 3.05) is 6.67 Å². The summed E-state index contributed by atoms with van der Waals surface area (Å²) in [6, 6.07) is 0.273. The number of alkyl halides is 1. The molecule has 3 heteroatoms. The van der Waals surface area contributed by atoms with Crippen LogP contribution in [0.3, 0.4) is 0 Å². The molecule has 0 aromatic rings. The Morgan fingerprint density at radius 2 is 2.27 bits per heavy atom. The van der Waals surface area contributed by atoms with Gasteiger partial charge in [0.05, 0.1) is 6.04 Å². The van der Waals surface area contributed by atoms with Crippen molar-refractivity contribution < 1.29 is 9.13 Å². The van der Waals surface area contributed by atoms with Crippen molar-refractivity contribution in [2.45, 2.75) is 37.8 Å². The number of hydrogen-bond donors (Lipinski definition) is 0. The van der Waals surface area contributed by atoms with Gasteiger partial charge in [-0.1, -0.05) is 6.42 Å². The van der Waals surface area contributed by atoms with Crippen LogP contribution in [0.1, 0.15) is 25.7 Å².